The van der Waals surface area contributed by atoms with Crippen LogP contribution in [0.3, 0.4) is 0 Å². The minimum atomic E-state index is -0.930. The van der Waals surface area contributed by atoms with Gasteiger partial charge in [0, 0.05) is 0 Å². The highest BCUT2D eigenvalue weighted by molar-refractivity contribution is 5.93. The predicted molar refractivity (Wildman–Crippen MR) is 90.4 cm³/mol. The summed E-state index contributed by atoms with van der Waals surface area (Å²) in [6, 6.07) is 0. The van der Waals surface area contributed by atoms with E-state index in [1.54, 1.807) is 6.08 Å². The highest BCUT2D eigenvalue weighted by atomic mass is 16.6. The molecule has 0 spiro atoms. The number of aliphatic hydroxyl groups excluding tert-OH is 1. The third-order valence-electron chi connectivity index (χ3n) is 4.23. The van der Waals surface area contributed by atoms with Crippen LogP contribution in [-0.2, 0) is 9.53 Å². The molecule has 0 unspecified atom stereocenters. The molecular weight excluding hydrogens is 276 g/mol. The second-order valence-electron chi connectivity index (χ2n) is 6.24. The zero-order valence-electron chi connectivity index (χ0n) is 14.1. The summed E-state index contributed by atoms with van der Waals surface area (Å²) in [4.78, 5) is 11.4. The van der Waals surface area contributed by atoms with E-state index in [1.165, 1.54) is 64.2 Å². The van der Waals surface area contributed by atoms with Gasteiger partial charge in [0.25, 0.3) is 0 Å². The molecule has 22 heavy (non-hydrogen) atoms. The van der Waals surface area contributed by atoms with Gasteiger partial charge in [-0.3, -0.25) is 0 Å². The Labute approximate surface area is 135 Å². The number of allylic oxidation sites excluding steroid dienone is 1. The summed E-state index contributed by atoms with van der Waals surface area (Å²) in [6.45, 7) is 5.76. The number of carbonyl (C=O) groups excluding carboxylic acids is 1. The molecule has 1 fully saturated rings. The molecule has 3 heteroatoms. The average Bonchev–Trinajstić information content (AvgIpc) is 2.74. The zero-order valence-corrected chi connectivity index (χ0v) is 14.1. The minimum absolute atomic E-state index is 0.148. The van der Waals surface area contributed by atoms with Crippen molar-refractivity contribution in [3.05, 3.63) is 24.0 Å². The molecule has 1 saturated heterocycles. The summed E-state index contributed by atoms with van der Waals surface area (Å²) < 4.78 is 4.79. The smallest absolute Gasteiger partial charge is 0.341 e. The average molecular weight is 308 g/mol. The van der Waals surface area contributed by atoms with Gasteiger partial charge in [-0.15, -0.1) is 0 Å². The van der Waals surface area contributed by atoms with Crippen LogP contribution >= 0.6 is 0 Å². The fourth-order valence-electron chi connectivity index (χ4n) is 2.78. The van der Waals surface area contributed by atoms with Crippen LogP contribution in [0.1, 0.15) is 84.0 Å². The summed E-state index contributed by atoms with van der Waals surface area (Å²) in [5, 5.41) is 9.69. The minimum Gasteiger partial charge on any atom is -0.425 e. The molecule has 1 rings (SSSR count). The molecule has 1 aliphatic heterocycles. The Balaban J connectivity index is 1.94. The normalized spacial score (nSPS) is 19.9. The third-order valence-corrected chi connectivity index (χ3v) is 4.23. The fourth-order valence-corrected chi connectivity index (χ4v) is 2.78. The van der Waals surface area contributed by atoms with Gasteiger partial charge in [-0.2, -0.15) is 0 Å². The van der Waals surface area contributed by atoms with Crippen LogP contribution in [0.25, 0.3) is 0 Å². The van der Waals surface area contributed by atoms with Gasteiger partial charge in [-0.1, -0.05) is 83.8 Å². The first-order chi connectivity index (χ1) is 10.7. The number of esters is 1. The molecule has 1 aliphatic rings. The Morgan fingerprint density at radius 1 is 1.00 bits per heavy atom. The number of cyclic esters (lactones) is 1. The standard InChI is InChI=1S/C19H32O3/c1-3-4-5-6-7-8-9-10-11-12-13-14-15-17-18(20)16(2)22-19(17)21/h15,18,20H,2-14H2,1H3/b17-15-/t18-/m0/s1. The van der Waals surface area contributed by atoms with Crippen LogP contribution in [-0.4, -0.2) is 17.2 Å². The lowest BCUT2D eigenvalue weighted by Crippen LogP contribution is -2.07. The van der Waals surface area contributed by atoms with Crippen molar-refractivity contribution in [2.24, 2.45) is 0 Å². The Kier molecular flexibility index (Phi) is 9.89. The van der Waals surface area contributed by atoms with Crippen molar-refractivity contribution < 1.29 is 14.6 Å². The highest BCUT2D eigenvalue weighted by Gasteiger charge is 2.32. The fraction of sp³-hybridized carbons (Fsp3) is 0.737. The molecule has 3 nitrogen and oxygen atoms in total. The maximum Gasteiger partial charge on any atom is 0.341 e. The van der Waals surface area contributed by atoms with Gasteiger partial charge in [0.05, 0.1) is 5.57 Å². The van der Waals surface area contributed by atoms with Crippen molar-refractivity contribution >= 4 is 5.97 Å². The molecule has 0 aliphatic carbocycles. The Bertz CT molecular complexity index is 371. The SMILES string of the molecule is C=C1OC(=O)/C(=C\CCCCCCCCCCCCC)[C@H]1O. The second-order valence-corrected chi connectivity index (χ2v) is 6.24. The highest BCUT2D eigenvalue weighted by Crippen LogP contribution is 2.23. The number of ether oxygens (including phenoxy) is 1. The van der Waals surface area contributed by atoms with Gasteiger partial charge in [0.15, 0.2) is 0 Å². The first-order valence-electron chi connectivity index (χ1n) is 8.96. The van der Waals surface area contributed by atoms with Gasteiger partial charge in [0.1, 0.15) is 11.9 Å². The molecule has 126 valence electrons. The third kappa shape index (κ3) is 7.26. The summed E-state index contributed by atoms with van der Waals surface area (Å²) in [5.41, 5.74) is 0.358. The Hall–Kier alpha value is -1.09. The van der Waals surface area contributed by atoms with E-state index in [1.807, 2.05) is 0 Å². The van der Waals surface area contributed by atoms with Gasteiger partial charge in [-0.05, 0) is 12.8 Å². The molecule has 0 radical (unpaired) electrons. The molecule has 1 N–H and O–H groups in total. The molecule has 0 amide bonds. The van der Waals surface area contributed by atoms with Crippen molar-refractivity contribution in [1.82, 2.24) is 0 Å². The first kappa shape index (κ1) is 19.0. The maximum absolute atomic E-state index is 11.4. The first-order valence-corrected chi connectivity index (χ1v) is 8.96. The van der Waals surface area contributed by atoms with Crippen molar-refractivity contribution in [1.29, 1.82) is 0 Å². The Morgan fingerprint density at radius 2 is 1.50 bits per heavy atom. The van der Waals surface area contributed by atoms with Crippen molar-refractivity contribution in [2.45, 2.75) is 90.1 Å². The van der Waals surface area contributed by atoms with E-state index in [2.05, 4.69) is 13.5 Å². The summed E-state index contributed by atoms with van der Waals surface area (Å²) in [6.07, 6.45) is 16.1. The molecule has 0 saturated carbocycles. The predicted octanol–water partition coefficient (Wildman–Crippen LogP) is 5.05. The topological polar surface area (TPSA) is 46.5 Å². The number of carbonyl (C=O) groups is 1. The van der Waals surface area contributed by atoms with Gasteiger partial charge < -0.3 is 9.84 Å². The van der Waals surface area contributed by atoms with E-state index in [-0.39, 0.29) is 5.76 Å². The molecule has 1 heterocycles. The van der Waals surface area contributed by atoms with E-state index >= 15 is 0 Å². The number of hydrogen-bond donors (Lipinski definition) is 1. The lowest BCUT2D eigenvalue weighted by atomic mass is 10.0. The van der Waals surface area contributed by atoms with Crippen LogP contribution in [0.5, 0.6) is 0 Å². The molecular formula is C19H32O3. The molecule has 0 aromatic carbocycles. The van der Waals surface area contributed by atoms with Gasteiger partial charge in [0.2, 0.25) is 0 Å². The monoisotopic (exact) mass is 308 g/mol. The van der Waals surface area contributed by atoms with E-state index < -0.39 is 12.1 Å². The number of unbranched alkanes of at least 4 members (excludes halogenated alkanes) is 11. The van der Waals surface area contributed by atoms with Crippen molar-refractivity contribution in [2.75, 3.05) is 0 Å². The van der Waals surface area contributed by atoms with E-state index in [9.17, 15) is 9.90 Å². The number of rotatable bonds is 12. The number of hydrogen-bond acceptors (Lipinski definition) is 3. The van der Waals surface area contributed by atoms with Crippen LogP contribution in [0.4, 0.5) is 0 Å². The summed E-state index contributed by atoms with van der Waals surface area (Å²) in [5.74, 6) is -0.296. The molecule has 0 bridgehead atoms. The van der Waals surface area contributed by atoms with E-state index in [0.29, 0.717) is 5.57 Å². The maximum atomic E-state index is 11.4. The van der Waals surface area contributed by atoms with Crippen molar-refractivity contribution in [3.63, 3.8) is 0 Å². The molecule has 0 aromatic heterocycles. The molecule has 0 aromatic rings. The lowest BCUT2D eigenvalue weighted by Gasteiger charge is -2.02. The Morgan fingerprint density at radius 3 is 1.95 bits per heavy atom. The molecule has 1 atom stereocenters. The van der Waals surface area contributed by atoms with Crippen LogP contribution in [0.15, 0.2) is 24.0 Å². The van der Waals surface area contributed by atoms with Crippen LogP contribution in [0.2, 0.25) is 0 Å². The number of aliphatic hydroxyl groups is 1. The van der Waals surface area contributed by atoms with Gasteiger partial charge >= 0.3 is 5.97 Å². The lowest BCUT2D eigenvalue weighted by molar-refractivity contribution is -0.132. The summed E-state index contributed by atoms with van der Waals surface area (Å²) >= 11 is 0. The largest absolute Gasteiger partial charge is 0.425 e. The quantitative estimate of drug-likeness (QED) is 0.312. The van der Waals surface area contributed by atoms with Crippen molar-refractivity contribution in [3.8, 4) is 0 Å². The zero-order chi connectivity index (χ0) is 16.2. The second kappa shape index (κ2) is 11.5. The van der Waals surface area contributed by atoms with E-state index in [4.69, 9.17) is 4.74 Å². The van der Waals surface area contributed by atoms with Crippen LogP contribution < -0.4 is 0 Å². The van der Waals surface area contributed by atoms with Crippen LogP contribution in [0, 0.1) is 0 Å². The van der Waals surface area contributed by atoms with Gasteiger partial charge in [-0.25, -0.2) is 4.79 Å². The summed E-state index contributed by atoms with van der Waals surface area (Å²) in [7, 11) is 0. The van der Waals surface area contributed by atoms with E-state index in [0.717, 1.165) is 12.8 Å².